The molecule has 2 bridgehead atoms. The van der Waals surface area contributed by atoms with Gasteiger partial charge in [0, 0.05) is 24.4 Å². The van der Waals surface area contributed by atoms with E-state index in [1.807, 2.05) is 0 Å². The third-order valence-electron chi connectivity index (χ3n) is 8.82. The summed E-state index contributed by atoms with van der Waals surface area (Å²) in [5, 5.41) is 10.8. The zero-order valence-corrected chi connectivity index (χ0v) is 16.4. The van der Waals surface area contributed by atoms with Crippen LogP contribution < -0.4 is 0 Å². The Kier molecular flexibility index (Phi) is 3.71. The fraction of sp³-hybridized carbons (Fsp3) is 0.905. The Bertz CT molecular complexity index is 688. The molecule has 0 radical (unpaired) electrons. The van der Waals surface area contributed by atoms with E-state index < -0.39 is 17.1 Å². The molecule has 6 heteroatoms. The zero-order valence-electron chi connectivity index (χ0n) is 16.4. The Morgan fingerprint density at radius 3 is 2.74 bits per heavy atom. The monoisotopic (exact) mass is 378 g/mol. The standard InChI is InChI=1S/C21H30O6/c1-19(2)7-6-14-21(10-26-17(23)15(19)21)13-5-4-11-8-20(13,18(24)27-14)16(22)12(11)9-25-3/h11-15,17,23H,4-10H2,1-3H3/t11-,12+,13-,14+,15-,17-,20+,21-/m1/s1. The van der Waals surface area contributed by atoms with Crippen LogP contribution in [0.1, 0.15) is 46.0 Å². The second-order valence-corrected chi connectivity index (χ2v) is 10.2. The molecule has 0 aromatic heterocycles. The van der Waals surface area contributed by atoms with Crippen molar-refractivity contribution >= 4 is 11.8 Å². The highest BCUT2D eigenvalue weighted by Crippen LogP contribution is 2.71. The summed E-state index contributed by atoms with van der Waals surface area (Å²) in [5.74, 6) is -0.568. The first kappa shape index (κ1) is 18.1. The number of hydrogen-bond acceptors (Lipinski definition) is 6. The highest BCUT2D eigenvalue weighted by Gasteiger charge is 2.77. The van der Waals surface area contributed by atoms with Gasteiger partial charge in [-0.2, -0.15) is 0 Å². The summed E-state index contributed by atoms with van der Waals surface area (Å²) in [6.07, 6.45) is 2.85. The van der Waals surface area contributed by atoms with E-state index in [-0.39, 0.29) is 46.9 Å². The lowest BCUT2D eigenvalue weighted by atomic mass is 9.44. The summed E-state index contributed by atoms with van der Waals surface area (Å²) in [6.45, 7) is 5.09. The second-order valence-electron chi connectivity index (χ2n) is 10.2. The van der Waals surface area contributed by atoms with E-state index in [4.69, 9.17) is 14.2 Å². The van der Waals surface area contributed by atoms with Crippen molar-refractivity contribution in [1.29, 1.82) is 0 Å². The van der Waals surface area contributed by atoms with E-state index in [1.165, 1.54) is 0 Å². The van der Waals surface area contributed by atoms with Crippen LogP contribution in [0.3, 0.4) is 0 Å². The van der Waals surface area contributed by atoms with Gasteiger partial charge in [0.05, 0.1) is 13.2 Å². The molecule has 0 amide bonds. The number of carbonyl (C=O) groups is 2. The molecule has 5 fully saturated rings. The normalized spacial score (nSPS) is 52.7. The van der Waals surface area contributed by atoms with Gasteiger partial charge in [0.15, 0.2) is 12.1 Å². The number of esters is 1. The molecule has 6 nitrogen and oxygen atoms in total. The molecule has 5 aliphatic rings. The fourth-order valence-electron chi connectivity index (χ4n) is 7.85. The van der Waals surface area contributed by atoms with Gasteiger partial charge in [-0.1, -0.05) is 13.8 Å². The minimum absolute atomic E-state index is 0.0122. The minimum Gasteiger partial charge on any atom is -0.461 e. The largest absolute Gasteiger partial charge is 0.461 e. The summed E-state index contributed by atoms with van der Waals surface area (Å²) >= 11 is 0. The third kappa shape index (κ3) is 1.97. The first-order chi connectivity index (χ1) is 12.8. The van der Waals surface area contributed by atoms with Crippen LogP contribution in [0, 0.1) is 39.9 Å². The molecule has 2 spiro atoms. The second kappa shape index (κ2) is 5.55. The van der Waals surface area contributed by atoms with Crippen LogP contribution in [-0.4, -0.2) is 49.6 Å². The van der Waals surface area contributed by atoms with Crippen LogP contribution in [-0.2, 0) is 23.8 Å². The van der Waals surface area contributed by atoms with E-state index in [1.54, 1.807) is 7.11 Å². The first-order valence-corrected chi connectivity index (χ1v) is 10.3. The van der Waals surface area contributed by atoms with E-state index in [0.717, 1.165) is 25.7 Å². The third-order valence-corrected chi connectivity index (χ3v) is 8.82. The number of methoxy groups -OCH3 is 1. The van der Waals surface area contributed by atoms with E-state index >= 15 is 0 Å². The number of hydrogen-bond donors (Lipinski definition) is 1. The predicted octanol–water partition coefficient (Wildman–Crippen LogP) is 1.93. The molecule has 0 unspecified atom stereocenters. The van der Waals surface area contributed by atoms with Gasteiger partial charge in [0.2, 0.25) is 0 Å². The molecule has 5 rings (SSSR count). The molecular formula is C21H30O6. The summed E-state index contributed by atoms with van der Waals surface area (Å²) in [6, 6.07) is 0. The van der Waals surface area contributed by atoms with Crippen molar-refractivity contribution in [2.45, 2.75) is 58.3 Å². The predicted molar refractivity (Wildman–Crippen MR) is 94.4 cm³/mol. The number of carbonyl (C=O) groups excluding carboxylic acids is 2. The molecule has 150 valence electrons. The Morgan fingerprint density at radius 2 is 2.00 bits per heavy atom. The van der Waals surface area contributed by atoms with Crippen molar-refractivity contribution in [2.75, 3.05) is 20.3 Å². The van der Waals surface area contributed by atoms with Gasteiger partial charge in [-0.25, -0.2) is 0 Å². The summed E-state index contributed by atoms with van der Waals surface area (Å²) in [7, 11) is 1.61. The maximum absolute atomic E-state index is 13.6. The van der Waals surface area contributed by atoms with Gasteiger partial charge < -0.3 is 19.3 Å². The van der Waals surface area contributed by atoms with Crippen molar-refractivity contribution in [2.24, 2.45) is 39.9 Å². The highest BCUT2D eigenvalue weighted by molar-refractivity contribution is 6.08. The number of Topliss-reactive ketones (excluding diaryl/α,β-unsaturated/α-hetero) is 1. The number of ketones is 1. The lowest BCUT2D eigenvalue weighted by Gasteiger charge is -2.61. The van der Waals surface area contributed by atoms with Crippen molar-refractivity contribution in [3.63, 3.8) is 0 Å². The van der Waals surface area contributed by atoms with Crippen molar-refractivity contribution in [3.05, 3.63) is 0 Å². The van der Waals surface area contributed by atoms with Crippen LogP contribution in [0.25, 0.3) is 0 Å². The molecule has 1 N–H and O–H groups in total. The molecule has 2 saturated heterocycles. The van der Waals surface area contributed by atoms with Gasteiger partial charge >= 0.3 is 5.97 Å². The van der Waals surface area contributed by atoms with E-state index in [9.17, 15) is 14.7 Å². The number of aliphatic hydroxyl groups excluding tert-OH is 1. The topological polar surface area (TPSA) is 82.1 Å². The average molecular weight is 378 g/mol. The highest BCUT2D eigenvalue weighted by atomic mass is 16.6. The summed E-state index contributed by atoms with van der Waals surface area (Å²) in [4.78, 5) is 26.8. The number of ether oxygens (including phenoxy) is 3. The Morgan fingerprint density at radius 1 is 1.22 bits per heavy atom. The molecule has 8 atom stereocenters. The molecule has 0 aromatic carbocycles. The maximum atomic E-state index is 13.6. The fourth-order valence-corrected chi connectivity index (χ4v) is 7.85. The lowest BCUT2D eigenvalue weighted by molar-refractivity contribution is -0.236. The molecular weight excluding hydrogens is 348 g/mol. The van der Waals surface area contributed by atoms with E-state index in [0.29, 0.717) is 19.6 Å². The maximum Gasteiger partial charge on any atom is 0.320 e. The van der Waals surface area contributed by atoms with Crippen LogP contribution in [0.4, 0.5) is 0 Å². The van der Waals surface area contributed by atoms with Gasteiger partial charge in [-0.15, -0.1) is 0 Å². The molecule has 27 heavy (non-hydrogen) atoms. The molecule has 2 heterocycles. The van der Waals surface area contributed by atoms with Crippen LogP contribution in [0.2, 0.25) is 0 Å². The molecule has 2 aliphatic heterocycles. The van der Waals surface area contributed by atoms with Gasteiger partial charge in [0.1, 0.15) is 11.5 Å². The van der Waals surface area contributed by atoms with Crippen LogP contribution >= 0.6 is 0 Å². The molecule has 0 aromatic rings. The van der Waals surface area contributed by atoms with Crippen LogP contribution in [0.5, 0.6) is 0 Å². The Hall–Kier alpha value is -0.980. The van der Waals surface area contributed by atoms with Gasteiger partial charge in [-0.05, 0) is 49.4 Å². The minimum atomic E-state index is -1.07. The summed E-state index contributed by atoms with van der Waals surface area (Å²) < 4.78 is 17.2. The molecule has 3 saturated carbocycles. The van der Waals surface area contributed by atoms with Crippen molar-refractivity contribution in [3.8, 4) is 0 Å². The van der Waals surface area contributed by atoms with Crippen molar-refractivity contribution < 1.29 is 28.9 Å². The number of fused-ring (bicyclic) bond motifs is 1. The summed E-state index contributed by atoms with van der Waals surface area (Å²) in [5.41, 5.74) is -1.65. The quantitative estimate of drug-likeness (QED) is 0.584. The van der Waals surface area contributed by atoms with E-state index in [2.05, 4.69) is 13.8 Å². The van der Waals surface area contributed by atoms with Crippen LogP contribution in [0.15, 0.2) is 0 Å². The number of aliphatic hydroxyl groups is 1. The van der Waals surface area contributed by atoms with Gasteiger partial charge in [-0.3, -0.25) is 9.59 Å². The van der Waals surface area contributed by atoms with Gasteiger partial charge in [0.25, 0.3) is 0 Å². The average Bonchev–Trinajstić information content (AvgIpc) is 3.08. The number of rotatable bonds is 2. The Balaban J connectivity index is 1.65. The van der Waals surface area contributed by atoms with Crippen molar-refractivity contribution in [1.82, 2.24) is 0 Å². The first-order valence-electron chi connectivity index (χ1n) is 10.3. The molecule has 3 aliphatic carbocycles. The smallest absolute Gasteiger partial charge is 0.320 e. The SMILES string of the molecule is COC[C@@H]1C(=O)[C@]23C[C@H]1CC[C@H]2[C@@]12CO[C@@H](O)[C@@H]1C(C)(C)CC[C@@H]2OC3=O. The lowest BCUT2D eigenvalue weighted by Crippen LogP contribution is -2.68. The zero-order chi connectivity index (χ0) is 19.2. The Labute approximate surface area is 159 Å².